The van der Waals surface area contributed by atoms with Gasteiger partial charge in [0.1, 0.15) is 12.7 Å². The Morgan fingerprint density at radius 3 is 2.74 bits per heavy atom. The maximum atomic E-state index is 11.8. The number of carbonyl (C=O) groups excluding carboxylic acids is 1. The number of ether oxygens (including phenoxy) is 1. The molecular weight excluding hydrogens is 288 g/mol. The Bertz CT molecular complexity index is 902. The monoisotopic (exact) mass is 302 g/mol. The number of hydrogen-bond donors (Lipinski definition) is 0. The van der Waals surface area contributed by atoms with Gasteiger partial charge in [-0.3, -0.25) is 0 Å². The summed E-state index contributed by atoms with van der Waals surface area (Å²) >= 11 is 0. The lowest BCUT2D eigenvalue weighted by Gasteiger charge is -2.00. The van der Waals surface area contributed by atoms with Crippen molar-refractivity contribution in [2.45, 2.75) is 6.61 Å². The van der Waals surface area contributed by atoms with E-state index in [1.807, 2.05) is 65.3 Å². The topological polar surface area (TPSA) is 54.5 Å². The molecule has 0 aliphatic rings. The van der Waals surface area contributed by atoms with Crippen LogP contribution in [0.3, 0.4) is 0 Å². The second-order valence-electron chi connectivity index (χ2n) is 4.99. The predicted molar refractivity (Wildman–Crippen MR) is 87.4 cm³/mol. The number of carbonyl (C=O) groups is 1. The van der Waals surface area contributed by atoms with Gasteiger partial charge in [-0.1, -0.05) is 36.4 Å². The van der Waals surface area contributed by atoms with Crippen molar-refractivity contribution < 1.29 is 9.53 Å². The minimum Gasteiger partial charge on any atom is -0.458 e. The number of nitriles is 1. The molecule has 1 aromatic carbocycles. The third-order valence-corrected chi connectivity index (χ3v) is 3.46. The van der Waals surface area contributed by atoms with Gasteiger partial charge in [0.25, 0.3) is 0 Å². The van der Waals surface area contributed by atoms with E-state index in [1.54, 1.807) is 6.08 Å². The van der Waals surface area contributed by atoms with E-state index in [1.165, 1.54) is 6.08 Å². The first-order valence-electron chi connectivity index (χ1n) is 7.16. The van der Waals surface area contributed by atoms with E-state index in [0.717, 1.165) is 11.1 Å². The predicted octanol–water partition coefficient (Wildman–Crippen LogP) is 3.57. The highest BCUT2D eigenvalue weighted by Gasteiger charge is 2.11. The summed E-state index contributed by atoms with van der Waals surface area (Å²) in [5.74, 6) is -0.437. The highest BCUT2D eigenvalue weighted by Crippen LogP contribution is 2.18. The Balaban J connectivity index is 1.70. The second kappa shape index (κ2) is 6.63. The average molecular weight is 302 g/mol. The highest BCUT2D eigenvalue weighted by molar-refractivity contribution is 5.87. The van der Waals surface area contributed by atoms with E-state index < -0.39 is 5.97 Å². The molecular formula is C19H14N2O2. The van der Waals surface area contributed by atoms with Crippen LogP contribution >= 0.6 is 0 Å². The zero-order valence-electron chi connectivity index (χ0n) is 12.3. The molecule has 0 aliphatic carbocycles. The Hall–Kier alpha value is -3.32. The zero-order valence-corrected chi connectivity index (χ0v) is 12.3. The number of pyridine rings is 1. The summed E-state index contributed by atoms with van der Waals surface area (Å²) in [4.78, 5) is 11.8. The lowest BCUT2D eigenvalue weighted by molar-refractivity contribution is -0.138. The van der Waals surface area contributed by atoms with Crippen molar-refractivity contribution in [1.82, 2.24) is 4.40 Å². The van der Waals surface area contributed by atoms with Crippen LogP contribution in [0.25, 0.3) is 11.6 Å². The molecule has 0 N–H and O–H groups in total. The molecule has 0 aliphatic heterocycles. The van der Waals surface area contributed by atoms with E-state index >= 15 is 0 Å². The van der Waals surface area contributed by atoms with Gasteiger partial charge in [0.05, 0.1) is 11.1 Å². The number of rotatable bonds is 4. The van der Waals surface area contributed by atoms with Gasteiger partial charge in [0.2, 0.25) is 0 Å². The molecule has 0 amide bonds. The Kier molecular flexibility index (Phi) is 4.21. The van der Waals surface area contributed by atoms with Crippen molar-refractivity contribution >= 4 is 17.6 Å². The molecule has 4 nitrogen and oxygen atoms in total. The molecule has 112 valence electrons. The van der Waals surface area contributed by atoms with Gasteiger partial charge in [-0.2, -0.15) is 5.26 Å². The van der Waals surface area contributed by atoms with Gasteiger partial charge in [-0.15, -0.1) is 0 Å². The molecule has 3 rings (SSSR count). The summed E-state index contributed by atoms with van der Waals surface area (Å²) in [6, 6.07) is 17.3. The maximum absolute atomic E-state index is 11.8. The van der Waals surface area contributed by atoms with Crippen LogP contribution in [0.1, 0.15) is 16.7 Å². The lowest BCUT2D eigenvalue weighted by atomic mass is 10.2. The number of fused-ring (bicyclic) bond motifs is 1. The fourth-order valence-corrected chi connectivity index (χ4v) is 2.34. The summed E-state index contributed by atoms with van der Waals surface area (Å²) in [7, 11) is 0. The molecule has 0 bridgehead atoms. The molecule has 3 aromatic rings. The van der Waals surface area contributed by atoms with Gasteiger partial charge in [-0.25, -0.2) is 4.79 Å². The van der Waals surface area contributed by atoms with Crippen molar-refractivity contribution in [1.29, 1.82) is 5.26 Å². The van der Waals surface area contributed by atoms with E-state index in [9.17, 15) is 10.1 Å². The molecule has 0 unspecified atom stereocenters. The fraction of sp³-hybridized carbons (Fsp3) is 0.0526. The van der Waals surface area contributed by atoms with Gasteiger partial charge in [-0.05, 0) is 23.8 Å². The minimum atomic E-state index is -0.437. The fourth-order valence-electron chi connectivity index (χ4n) is 2.34. The second-order valence-corrected chi connectivity index (χ2v) is 4.99. The minimum absolute atomic E-state index is 0.0720. The van der Waals surface area contributed by atoms with Crippen LogP contribution in [0.5, 0.6) is 0 Å². The quantitative estimate of drug-likeness (QED) is 0.547. The summed E-state index contributed by atoms with van der Waals surface area (Å²) in [5, 5.41) is 9.30. The van der Waals surface area contributed by atoms with E-state index in [0.29, 0.717) is 11.1 Å². The number of aromatic nitrogens is 1. The molecule has 23 heavy (non-hydrogen) atoms. The maximum Gasteiger partial charge on any atom is 0.331 e. The van der Waals surface area contributed by atoms with Gasteiger partial charge in [0, 0.05) is 24.0 Å². The first kappa shape index (κ1) is 14.6. The largest absolute Gasteiger partial charge is 0.458 e. The van der Waals surface area contributed by atoms with E-state index in [4.69, 9.17) is 4.74 Å². The van der Waals surface area contributed by atoms with Crippen LogP contribution < -0.4 is 0 Å². The molecule has 2 heterocycles. The average Bonchev–Trinajstić information content (AvgIpc) is 2.96. The SMILES string of the molecule is N#Cc1c(COC(=O)/C=C/c2ccccc2)cn2ccccc12. The third-order valence-electron chi connectivity index (χ3n) is 3.46. The molecule has 0 spiro atoms. The lowest BCUT2D eigenvalue weighted by Crippen LogP contribution is -2.01. The van der Waals surface area contributed by atoms with Crippen molar-refractivity contribution in [2.24, 2.45) is 0 Å². The zero-order chi connectivity index (χ0) is 16.1. The Morgan fingerprint density at radius 2 is 1.96 bits per heavy atom. The highest BCUT2D eigenvalue weighted by atomic mass is 16.5. The smallest absolute Gasteiger partial charge is 0.331 e. The van der Waals surface area contributed by atoms with Crippen LogP contribution in [0, 0.1) is 11.3 Å². The van der Waals surface area contributed by atoms with Gasteiger partial charge < -0.3 is 9.14 Å². The van der Waals surface area contributed by atoms with Crippen molar-refractivity contribution in [2.75, 3.05) is 0 Å². The third kappa shape index (κ3) is 3.30. The van der Waals surface area contributed by atoms with Crippen LogP contribution in [0.2, 0.25) is 0 Å². The summed E-state index contributed by atoms with van der Waals surface area (Å²) < 4.78 is 7.08. The molecule has 0 saturated carbocycles. The number of hydrogen-bond acceptors (Lipinski definition) is 3. The molecule has 4 heteroatoms. The standard InChI is InChI=1S/C19H14N2O2/c20-12-17-16(13-21-11-5-4-8-18(17)21)14-23-19(22)10-9-15-6-2-1-3-7-15/h1-11,13H,14H2/b10-9+. The van der Waals surface area contributed by atoms with Gasteiger partial charge >= 0.3 is 5.97 Å². The van der Waals surface area contributed by atoms with E-state index in [-0.39, 0.29) is 6.61 Å². The summed E-state index contributed by atoms with van der Waals surface area (Å²) in [6.07, 6.45) is 6.75. The first-order valence-corrected chi connectivity index (χ1v) is 7.16. The molecule has 0 atom stereocenters. The first-order chi connectivity index (χ1) is 11.3. The molecule has 0 fully saturated rings. The number of nitrogens with zero attached hydrogens (tertiary/aromatic N) is 2. The molecule has 0 saturated heterocycles. The Labute approximate surface area is 133 Å². The van der Waals surface area contributed by atoms with Crippen LogP contribution in [-0.4, -0.2) is 10.4 Å². The van der Waals surface area contributed by atoms with Crippen LogP contribution in [0.4, 0.5) is 0 Å². The van der Waals surface area contributed by atoms with Crippen LogP contribution in [0.15, 0.2) is 67.0 Å². The van der Waals surface area contributed by atoms with Gasteiger partial charge in [0.15, 0.2) is 0 Å². The molecule has 2 aromatic heterocycles. The molecule has 0 radical (unpaired) electrons. The number of benzene rings is 1. The van der Waals surface area contributed by atoms with E-state index in [2.05, 4.69) is 6.07 Å². The Morgan fingerprint density at radius 1 is 1.17 bits per heavy atom. The van der Waals surface area contributed by atoms with Crippen molar-refractivity contribution in [3.05, 3.63) is 83.7 Å². The number of esters is 1. The van der Waals surface area contributed by atoms with Crippen LogP contribution in [-0.2, 0) is 16.1 Å². The summed E-state index contributed by atoms with van der Waals surface area (Å²) in [5.41, 5.74) is 2.96. The van der Waals surface area contributed by atoms with Crippen molar-refractivity contribution in [3.8, 4) is 6.07 Å². The summed E-state index contributed by atoms with van der Waals surface area (Å²) in [6.45, 7) is 0.0720. The van der Waals surface area contributed by atoms with Crippen molar-refractivity contribution in [3.63, 3.8) is 0 Å². The normalized spacial score (nSPS) is 10.7.